The predicted octanol–water partition coefficient (Wildman–Crippen LogP) is -0.343. The molecule has 1 aromatic carbocycles. The quantitative estimate of drug-likeness (QED) is 0.347. The Morgan fingerprint density at radius 3 is 2.54 bits per heavy atom. The summed E-state index contributed by atoms with van der Waals surface area (Å²) in [6.45, 7) is 0. The van der Waals surface area contributed by atoms with Gasteiger partial charge in [-0.15, -0.1) is 0 Å². The molecule has 0 spiro atoms. The van der Waals surface area contributed by atoms with Gasteiger partial charge in [0, 0.05) is 18.9 Å². The van der Waals surface area contributed by atoms with E-state index in [1.165, 1.54) is 25.3 Å². The van der Waals surface area contributed by atoms with Crippen molar-refractivity contribution in [1.82, 2.24) is 0 Å². The minimum absolute atomic E-state index is 0.125. The van der Waals surface area contributed by atoms with Crippen molar-refractivity contribution in [2.45, 2.75) is 36.8 Å². The van der Waals surface area contributed by atoms with E-state index in [1.54, 1.807) is 6.07 Å². The number of rotatable bonds is 5. The lowest BCUT2D eigenvalue weighted by Crippen LogP contribution is -2.57. The first-order chi connectivity index (χ1) is 12.2. The van der Waals surface area contributed by atoms with Gasteiger partial charge >= 0.3 is 11.9 Å². The summed E-state index contributed by atoms with van der Waals surface area (Å²) in [4.78, 5) is 23.0. The van der Waals surface area contributed by atoms with Crippen molar-refractivity contribution < 1.29 is 44.6 Å². The van der Waals surface area contributed by atoms with Crippen LogP contribution in [0.25, 0.3) is 6.08 Å². The standard InChI is InChI=1S/C17H20O9/c1-25-12-4-2-9(6-10(12)18)3-5-14(20)26-13-8-17(24,16(22)23)7-11(19)15(13)21/h2-6,11,13,15,18-19,21,24H,7-8H2,1H3,(H,22,23)/t11-,13+,15-,17+/m1/s1. The Labute approximate surface area is 148 Å². The number of aliphatic carboxylic acids is 1. The average Bonchev–Trinajstić information content (AvgIpc) is 2.57. The fourth-order valence-electron chi connectivity index (χ4n) is 2.70. The van der Waals surface area contributed by atoms with Crippen LogP contribution in [0.3, 0.4) is 0 Å². The van der Waals surface area contributed by atoms with Gasteiger partial charge in [0.05, 0.1) is 13.2 Å². The predicted molar refractivity (Wildman–Crippen MR) is 87.4 cm³/mol. The van der Waals surface area contributed by atoms with Gasteiger partial charge in [0.15, 0.2) is 17.1 Å². The molecule has 0 aromatic heterocycles. The maximum atomic E-state index is 11.9. The fourth-order valence-corrected chi connectivity index (χ4v) is 2.70. The number of phenolic OH excluding ortho intramolecular Hbond substituents is 1. The van der Waals surface area contributed by atoms with Gasteiger partial charge in [-0.3, -0.25) is 0 Å². The van der Waals surface area contributed by atoms with Crippen LogP contribution < -0.4 is 4.74 Å². The highest BCUT2D eigenvalue weighted by Gasteiger charge is 2.50. The Kier molecular flexibility index (Phi) is 5.86. The van der Waals surface area contributed by atoms with Gasteiger partial charge in [-0.1, -0.05) is 6.07 Å². The smallest absolute Gasteiger partial charge is 0.335 e. The molecule has 4 atom stereocenters. The normalized spacial score (nSPS) is 28.7. The monoisotopic (exact) mass is 368 g/mol. The second kappa shape index (κ2) is 7.73. The van der Waals surface area contributed by atoms with Gasteiger partial charge in [0.25, 0.3) is 0 Å². The number of hydrogen-bond donors (Lipinski definition) is 5. The van der Waals surface area contributed by atoms with Crippen molar-refractivity contribution in [2.24, 2.45) is 0 Å². The van der Waals surface area contributed by atoms with E-state index in [-0.39, 0.29) is 11.5 Å². The van der Waals surface area contributed by atoms with E-state index < -0.39 is 48.7 Å². The van der Waals surface area contributed by atoms with Gasteiger partial charge in [-0.2, -0.15) is 0 Å². The Bertz CT molecular complexity index is 714. The summed E-state index contributed by atoms with van der Waals surface area (Å²) >= 11 is 0. The molecule has 1 aromatic rings. The number of methoxy groups -OCH3 is 1. The molecule has 0 radical (unpaired) electrons. The molecule has 2 rings (SSSR count). The highest BCUT2D eigenvalue weighted by atomic mass is 16.6. The second-order valence-electron chi connectivity index (χ2n) is 6.04. The number of carboxylic acid groups (broad SMARTS) is 1. The highest BCUT2D eigenvalue weighted by molar-refractivity contribution is 5.87. The summed E-state index contributed by atoms with van der Waals surface area (Å²) in [5.74, 6) is -2.35. The van der Waals surface area contributed by atoms with Gasteiger partial charge in [-0.05, 0) is 23.8 Å². The number of carboxylic acids is 1. The van der Waals surface area contributed by atoms with Crippen LogP contribution in [-0.2, 0) is 14.3 Å². The number of carbonyl (C=O) groups excluding carboxylic acids is 1. The molecule has 9 heteroatoms. The molecule has 0 aliphatic heterocycles. The lowest BCUT2D eigenvalue weighted by molar-refractivity contribution is -0.196. The number of carbonyl (C=O) groups is 2. The van der Waals surface area contributed by atoms with Crippen molar-refractivity contribution in [3.8, 4) is 11.5 Å². The van der Waals surface area contributed by atoms with Gasteiger partial charge < -0.3 is 35.0 Å². The molecule has 9 nitrogen and oxygen atoms in total. The van der Waals surface area contributed by atoms with E-state index in [0.717, 1.165) is 6.08 Å². The Hall–Kier alpha value is -2.62. The topological polar surface area (TPSA) is 154 Å². The van der Waals surface area contributed by atoms with Gasteiger partial charge in [-0.25, -0.2) is 9.59 Å². The summed E-state index contributed by atoms with van der Waals surface area (Å²) in [6, 6.07) is 4.42. The third-order valence-corrected chi connectivity index (χ3v) is 4.14. The summed E-state index contributed by atoms with van der Waals surface area (Å²) < 4.78 is 9.87. The number of ether oxygens (including phenoxy) is 2. The molecule has 1 aliphatic rings. The molecule has 5 N–H and O–H groups in total. The number of hydrogen-bond acceptors (Lipinski definition) is 8. The minimum Gasteiger partial charge on any atom is -0.504 e. The lowest BCUT2D eigenvalue weighted by Gasteiger charge is -2.39. The van der Waals surface area contributed by atoms with Crippen LogP contribution in [0, 0.1) is 0 Å². The molecule has 1 saturated carbocycles. The molecular weight excluding hydrogens is 348 g/mol. The van der Waals surface area contributed by atoms with Gasteiger partial charge in [0.2, 0.25) is 0 Å². The van der Waals surface area contributed by atoms with Gasteiger partial charge in [0.1, 0.15) is 12.2 Å². The zero-order valence-corrected chi connectivity index (χ0v) is 13.9. The van der Waals surface area contributed by atoms with Crippen molar-refractivity contribution in [3.63, 3.8) is 0 Å². The van der Waals surface area contributed by atoms with Crippen LogP contribution in [-0.4, -0.2) is 68.5 Å². The van der Waals surface area contributed by atoms with Crippen LogP contribution in [0.2, 0.25) is 0 Å². The number of benzene rings is 1. The molecule has 0 amide bonds. The minimum atomic E-state index is -2.30. The zero-order valence-electron chi connectivity index (χ0n) is 13.9. The van der Waals surface area contributed by atoms with Crippen LogP contribution in [0.5, 0.6) is 11.5 Å². The molecule has 26 heavy (non-hydrogen) atoms. The number of esters is 1. The molecule has 1 fully saturated rings. The summed E-state index contributed by atoms with van der Waals surface area (Å²) in [6.07, 6.45) is -3.24. The van der Waals surface area contributed by atoms with E-state index in [1.807, 2.05) is 0 Å². The van der Waals surface area contributed by atoms with E-state index in [9.17, 15) is 30.0 Å². The average molecular weight is 368 g/mol. The van der Waals surface area contributed by atoms with Crippen LogP contribution in [0.1, 0.15) is 18.4 Å². The Morgan fingerprint density at radius 2 is 1.96 bits per heavy atom. The second-order valence-corrected chi connectivity index (χ2v) is 6.04. The SMILES string of the molecule is COc1ccc(C=CC(=O)O[C@H]2C[C@](O)(C(=O)O)C[C@@H](O)[C@H]2O)cc1O. The van der Waals surface area contributed by atoms with E-state index in [4.69, 9.17) is 14.6 Å². The first kappa shape index (κ1) is 19.7. The summed E-state index contributed by atoms with van der Waals surface area (Å²) in [7, 11) is 1.39. The largest absolute Gasteiger partial charge is 0.504 e. The first-order valence-corrected chi connectivity index (χ1v) is 7.74. The van der Waals surface area contributed by atoms with Crippen LogP contribution in [0.4, 0.5) is 0 Å². The summed E-state index contributed by atoms with van der Waals surface area (Å²) in [5, 5.41) is 48.3. The zero-order chi connectivity index (χ0) is 19.5. The molecule has 142 valence electrons. The molecule has 0 heterocycles. The molecule has 0 saturated heterocycles. The first-order valence-electron chi connectivity index (χ1n) is 7.74. The van der Waals surface area contributed by atoms with Crippen LogP contribution in [0.15, 0.2) is 24.3 Å². The van der Waals surface area contributed by atoms with Crippen molar-refractivity contribution in [1.29, 1.82) is 0 Å². The fraction of sp³-hybridized carbons (Fsp3) is 0.412. The number of phenols is 1. The van der Waals surface area contributed by atoms with Crippen molar-refractivity contribution >= 4 is 18.0 Å². The van der Waals surface area contributed by atoms with E-state index >= 15 is 0 Å². The maximum Gasteiger partial charge on any atom is 0.335 e. The number of aliphatic hydroxyl groups is 3. The van der Waals surface area contributed by atoms with E-state index in [0.29, 0.717) is 5.56 Å². The summed E-state index contributed by atoms with van der Waals surface area (Å²) in [5.41, 5.74) is -1.83. The lowest BCUT2D eigenvalue weighted by atomic mass is 9.79. The van der Waals surface area contributed by atoms with Crippen molar-refractivity contribution in [3.05, 3.63) is 29.8 Å². The number of aromatic hydroxyl groups is 1. The molecule has 0 unspecified atom stereocenters. The Morgan fingerprint density at radius 1 is 1.27 bits per heavy atom. The number of aliphatic hydroxyl groups excluding tert-OH is 2. The highest BCUT2D eigenvalue weighted by Crippen LogP contribution is 2.31. The molecule has 0 bridgehead atoms. The van der Waals surface area contributed by atoms with Crippen molar-refractivity contribution in [2.75, 3.05) is 7.11 Å². The Balaban J connectivity index is 2.06. The van der Waals surface area contributed by atoms with Crippen LogP contribution >= 0.6 is 0 Å². The third-order valence-electron chi connectivity index (χ3n) is 4.14. The third kappa shape index (κ3) is 4.31. The van der Waals surface area contributed by atoms with E-state index in [2.05, 4.69) is 0 Å². The maximum absolute atomic E-state index is 11.9. The molecular formula is C17H20O9. The molecule has 1 aliphatic carbocycles.